The summed E-state index contributed by atoms with van der Waals surface area (Å²) in [5, 5.41) is 8.88. The van der Waals surface area contributed by atoms with E-state index in [0.717, 1.165) is 11.1 Å². The van der Waals surface area contributed by atoms with Crippen molar-refractivity contribution in [2.75, 3.05) is 0 Å². The van der Waals surface area contributed by atoms with Crippen molar-refractivity contribution in [2.24, 2.45) is 5.92 Å². The number of amides is 1. The minimum Gasteiger partial charge on any atom is -0.289 e. The fourth-order valence-corrected chi connectivity index (χ4v) is 2.89. The molecule has 0 radical (unpaired) electrons. The van der Waals surface area contributed by atoms with Gasteiger partial charge in [-0.15, -0.1) is 0 Å². The summed E-state index contributed by atoms with van der Waals surface area (Å²) in [4.78, 5) is 11.8. The molecular formula is C16H15NO2. The number of hydrogen-bond acceptors (Lipinski definition) is 2. The average molecular weight is 253 g/mol. The van der Waals surface area contributed by atoms with E-state index in [2.05, 4.69) is 0 Å². The third-order valence-corrected chi connectivity index (χ3v) is 3.80. The van der Waals surface area contributed by atoms with Crippen LogP contribution in [0, 0.1) is 5.92 Å². The van der Waals surface area contributed by atoms with Crippen LogP contribution < -0.4 is 5.48 Å². The van der Waals surface area contributed by atoms with E-state index in [1.807, 2.05) is 60.7 Å². The maximum Gasteiger partial charge on any atom is 0.247 e. The Balaban J connectivity index is 1.93. The Morgan fingerprint density at radius 2 is 1.26 bits per heavy atom. The van der Waals surface area contributed by atoms with Crippen LogP contribution in [0.3, 0.4) is 0 Å². The summed E-state index contributed by atoms with van der Waals surface area (Å²) in [6.45, 7) is 0. The van der Waals surface area contributed by atoms with Crippen LogP contribution in [-0.4, -0.2) is 11.1 Å². The Labute approximate surface area is 111 Å². The summed E-state index contributed by atoms with van der Waals surface area (Å²) in [7, 11) is 0. The molecule has 1 fully saturated rings. The van der Waals surface area contributed by atoms with Crippen LogP contribution in [0.1, 0.15) is 23.0 Å². The van der Waals surface area contributed by atoms with Gasteiger partial charge in [0.1, 0.15) is 0 Å². The first-order chi connectivity index (χ1) is 9.33. The maximum atomic E-state index is 11.8. The molecule has 96 valence electrons. The lowest BCUT2D eigenvalue weighted by atomic mass is 10.0. The molecule has 3 nitrogen and oxygen atoms in total. The molecule has 0 bridgehead atoms. The predicted octanol–water partition coefficient (Wildman–Crippen LogP) is 2.69. The van der Waals surface area contributed by atoms with Crippen molar-refractivity contribution in [1.29, 1.82) is 0 Å². The third-order valence-electron chi connectivity index (χ3n) is 3.80. The van der Waals surface area contributed by atoms with E-state index in [1.54, 1.807) is 5.48 Å². The first-order valence-corrected chi connectivity index (χ1v) is 6.37. The summed E-state index contributed by atoms with van der Waals surface area (Å²) >= 11 is 0. The number of hydroxylamine groups is 1. The fourth-order valence-electron chi connectivity index (χ4n) is 2.89. The Morgan fingerprint density at radius 1 is 0.842 bits per heavy atom. The summed E-state index contributed by atoms with van der Waals surface area (Å²) in [6, 6.07) is 20.0. The first-order valence-electron chi connectivity index (χ1n) is 6.37. The summed E-state index contributed by atoms with van der Waals surface area (Å²) in [6.07, 6.45) is 0. The van der Waals surface area contributed by atoms with E-state index in [4.69, 9.17) is 5.21 Å². The fraction of sp³-hybridized carbons (Fsp3) is 0.188. The highest BCUT2D eigenvalue weighted by molar-refractivity contribution is 5.84. The molecule has 1 saturated carbocycles. The van der Waals surface area contributed by atoms with Gasteiger partial charge in [0.15, 0.2) is 0 Å². The molecule has 0 saturated heterocycles. The van der Waals surface area contributed by atoms with Crippen LogP contribution in [0.4, 0.5) is 0 Å². The van der Waals surface area contributed by atoms with Crippen LogP contribution in [-0.2, 0) is 4.79 Å². The lowest BCUT2D eigenvalue weighted by Gasteiger charge is -1.99. The normalized spacial score (nSPS) is 24.8. The third kappa shape index (κ3) is 2.13. The number of nitrogens with one attached hydrogen (secondary N) is 1. The summed E-state index contributed by atoms with van der Waals surface area (Å²) in [5.74, 6) is -0.191. The smallest absolute Gasteiger partial charge is 0.247 e. The number of benzene rings is 2. The monoisotopic (exact) mass is 253 g/mol. The zero-order chi connectivity index (χ0) is 13.2. The van der Waals surface area contributed by atoms with E-state index in [1.165, 1.54) is 0 Å². The Bertz CT molecular complexity index is 522. The molecular weight excluding hydrogens is 238 g/mol. The second-order valence-electron chi connectivity index (χ2n) is 4.87. The summed E-state index contributed by atoms with van der Waals surface area (Å²) < 4.78 is 0. The van der Waals surface area contributed by atoms with E-state index < -0.39 is 0 Å². The van der Waals surface area contributed by atoms with Crippen LogP contribution in [0.15, 0.2) is 60.7 Å². The maximum absolute atomic E-state index is 11.8. The van der Waals surface area contributed by atoms with Gasteiger partial charge in [-0.2, -0.15) is 0 Å². The van der Waals surface area contributed by atoms with Gasteiger partial charge in [0.2, 0.25) is 5.91 Å². The van der Waals surface area contributed by atoms with Crippen molar-refractivity contribution in [3.05, 3.63) is 71.8 Å². The Morgan fingerprint density at radius 3 is 1.63 bits per heavy atom. The molecule has 3 rings (SSSR count). The van der Waals surface area contributed by atoms with Crippen LogP contribution in [0.2, 0.25) is 0 Å². The van der Waals surface area contributed by atoms with Gasteiger partial charge in [-0.25, -0.2) is 5.48 Å². The van der Waals surface area contributed by atoms with Gasteiger partial charge in [-0.1, -0.05) is 60.7 Å². The molecule has 0 heterocycles. The minimum atomic E-state index is -0.303. The second-order valence-corrected chi connectivity index (χ2v) is 4.87. The van der Waals surface area contributed by atoms with Crippen molar-refractivity contribution >= 4 is 5.91 Å². The quantitative estimate of drug-likeness (QED) is 0.652. The van der Waals surface area contributed by atoms with Gasteiger partial charge in [-0.3, -0.25) is 10.0 Å². The molecule has 0 spiro atoms. The minimum absolute atomic E-state index is 0.149. The molecule has 1 aliphatic rings. The van der Waals surface area contributed by atoms with Crippen molar-refractivity contribution < 1.29 is 10.0 Å². The molecule has 0 aromatic heterocycles. The van der Waals surface area contributed by atoms with Crippen LogP contribution in [0.25, 0.3) is 0 Å². The van der Waals surface area contributed by atoms with Gasteiger partial charge >= 0.3 is 0 Å². The van der Waals surface area contributed by atoms with Crippen molar-refractivity contribution in [3.8, 4) is 0 Å². The van der Waals surface area contributed by atoms with Crippen molar-refractivity contribution in [2.45, 2.75) is 11.8 Å². The number of hydrogen-bond donors (Lipinski definition) is 2. The number of carbonyl (C=O) groups is 1. The molecule has 2 atom stereocenters. The van der Waals surface area contributed by atoms with E-state index >= 15 is 0 Å². The SMILES string of the molecule is O=C(NO)C1[C@@H](c2ccccc2)[C@@H]1c1ccccc1. The molecule has 19 heavy (non-hydrogen) atoms. The largest absolute Gasteiger partial charge is 0.289 e. The highest BCUT2D eigenvalue weighted by Gasteiger charge is 2.55. The van der Waals surface area contributed by atoms with Crippen molar-refractivity contribution in [1.82, 2.24) is 5.48 Å². The molecule has 1 aliphatic carbocycles. The van der Waals surface area contributed by atoms with Crippen LogP contribution >= 0.6 is 0 Å². The molecule has 2 aromatic rings. The second kappa shape index (κ2) is 4.86. The first kappa shape index (κ1) is 11.9. The Kier molecular flexibility index (Phi) is 3.05. The zero-order valence-corrected chi connectivity index (χ0v) is 10.4. The molecule has 3 heteroatoms. The van der Waals surface area contributed by atoms with Gasteiger partial charge in [-0.05, 0) is 11.1 Å². The lowest BCUT2D eigenvalue weighted by molar-refractivity contribution is -0.130. The highest BCUT2D eigenvalue weighted by atomic mass is 16.5. The number of carbonyl (C=O) groups excluding carboxylic acids is 1. The summed E-state index contributed by atoms with van der Waals surface area (Å²) in [5.41, 5.74) is 4.07. The molecule has 2 aromatic carbocycles. The van der Waals surface area contributed by atoms with Crippen LogP contribution in [0.5, 0.6) is 0 Å². The molecule has 0 aliphatic heterocycles. The number of rotatable bonds is 3. The van der Waals surface area contributed by atoms with Gasteiger partial charge in [0, 0.05) is 11.8 Å². The van der Waals surface area contributed by atoms with E-state index in [9.17, 15) is 4.79 Å². The van der Waals surface area contributed by atoms with E-state index in [-0.39, 0.29) is 23.7 Å². The molecule has 0 unspecified atom stereocenters. The van der Waals surface area contributed by atoms with Crippen molar-refractivity contribution in [3.63, 3.8) is 0 Å². The lowest BCUT2D eigenvalue weighted by Crippen LogP contribution is -2.21. The topological polar surface area (TPSA) is 49.3 Å². The van der Waals surface area contributed by atoms with Gasteiger partial charge in [0.05, 0.1) is 5.92 Å². The van der Waals surface area contributed by atoms with E-state index in [0.29, 0.717) is 0 Å². The van der Waals surface area contributed by atoms with Gasteiger partial charge in [0.25, 0.3) is 0 Å². The molecule has 2 N–H and O–H groups in total. The zero-order valence-electron chi connectivity index (χ0n) is 10.4. The Hall–Kier alpha value is -2.13. The standard InChI is InChI=1S/C16H15NO2/c18-16(17-19)15-13(11-7-3-1-4-8-11)14(15)12-9-5-2-6-10-12/h1-10,13-15,19H,(H,17,18)/t13-,14-/m0/s1. The predicted molar refractivity (Wildman–Crippen MR) is 71.8 cm³/mol. The highest BCUT2D eigenvalue weighted by Crippen LogP contribution is 2.60. The molecule has 1 amide bonds. The van der Waals surface area contributed by atoms with Gasteiger partial charge < -0.3 is 0 Å². The average Bonchev–Trinajstić information content (AvgIpc) is 3.24.